The van der Waals surface area contributed by atoms with E-state index >= 15 is 0 Å². The van der Waals surface area contributed by atoms with Crippen molar-refractivity contribution in [2.24, 2.45) is 0 Å². The fourth-order valence-corrected chi connectivity index (χ4v) is 2.62. The van der Waals surface area contributed by atoms with Gasteiger partial charge in [-0.1, -0.05) is 74.2 Å². The van der Waals surface area contributed by atoms with Crippen molar-refractivity contribution in [2.75, 3.05) is 0 Å². The van der Waals surface area contributed by atoms with E-state index in [1.165, 1.54) is 33.4 Å². The molecule has 0 amide bonds. The normalized spacial score (nSPS) is 11.9. The smallest absolute Gasteiger partial charge is 0.0109 e. The van der Waals surface area contributed by atoms with Gasteiger partial charge in [-0.15, -0.1) is 0 Å². The van der Waals surface area contributed by atoms with Crippen molar-refractivity contribution in [1.82, 2.24) is 0 Å². The zero-order valence-corrected chi connectivity index (χ0v) is 13.8. The van der Waals surface area contributed by atoms with Gasteiger partial charge in [-0.3, -0.25) is 0 Å². The van der Waals surface area contributed by atoms with Crippen LogP contribution in [0.4, 0.5) is 0 Å². The van der Waals surface area contributed by atoms with E-state index < -0.39 is 0 Å². The molecule has 0 unspecified atom stereocenters. The van der Waals surface area contributed by atoms with E-state index in [4.69, 9.17) is 0 Å². The molecule has 2 aromatic carbocycles. The molecule has 0 bridgehead atoms. The molecule has 0 aromatic heterocycles. The highest BCUT2D eigenvalue weighted by Gasteiger charge is 2.07. The summed E-state index contributed by atoms with van der Waals surface area (Å²) in [4.78, 5) is 0. The molecule has 22 heavy (non-hydrogen) atoms. The van der Waals surface area contributed by atoms with Crippen LogP contribution >= 0.6 is 0 Å². The first kappa shape index (κ1) is 16.0. The van der Waals surface area contributed by atoms with E-state index in [1.807, 2.05) is 6.08 Å². The molecule has 0 nitrogen and oxygen atoms in total. The zero-order valence-electron chi connectivity index (χ0n) is 13.8. The van der Waals surface area contributed by atoms with Gasteiger partial charge in [0.2, 0.25) is 0 Å². The van der Waals surface area contributed by atoms with Gasteiger partial charge in [0.05, 0.1) is 0 Å². The maximum absolute atomic E-state index is 3.94. The highest BCUT2D eigenvalue weighted by molar-refractivity contribution is 5.82. The van der Waals surface area contributed by atoms with Gasteiger partial charge in [0.15, 0.2) is 0 Å². The van der Waals surface area contributed by atoms with Gasteiger partial charge in [-0.2, -0.15) is 0 Å². The van der Waals surface area contributed by atoms with Gasteiger partial charge in [0.1, 0.15) is 0 Å². The first-order valence-corrected chi connectivity index (χ1v) is 7.87. The predicted molar refractivity (Wildman–Crippen MR) is 99.8 cm³/mol. The average molecular weight is 288 g/mol. The molecule has 0 saturated heterocycles. The van der Waals surface area contributed by atoms with Gasteiger partial charge >= 0.3 is 0 Å². The Balaban J connectivity index is 2.56. The standard InChI is InChI=1S/C22H24/c1-5-8-11-18(6-2)20-15-14-17(4)22(16-20)21-13-10-9-12-19(21)7-3/h6-16H,3,5H2,1-2,4H3/b11-8-,18-6+. The van der Waals surface area contributed by atoms with Crippen LogP contribution in [0.15, 0.2) is 67.3 Å². The number of benzene rings is 2. The summed E-state index contributed by atoms with van der Waals surface area (Å²) in [5, 5.41) is 0. The Bertz CT molecular complexity index is 715. The van der Waals surface area contributed by atoms with Crippen molar-refractivity contribution < 1.29 is 0 Å². The van der Waals surface area contributed by atoms with Crippen LogP contribution in [0.5, 0.6) is 0 Å². The molecule has 0 heteroatoms. The summed E-state index contributed by atoms with van der Waals surface area (Å²) in [6.07, 6.45) is 9.55. The van der Waals surface area contributed by atoms with E-state index in [9.17, 15) is 0 Å². The lowest BCUT2D eigenvalue weighted by molar-refractivity contribution is 1.22. The van der Waals surface area contributed by atoms with Gasteiger partial charge < -0.3 is 0 Å². The molecule has 0 saturated carbocycles. The van der Waals surface area contributed by atoms with Crippen LogP contribution in [-0.2, 0) is 0 Å². The van der Waals surface area contributed by atoms with Crippen LogP contribution < -0.4 is 0 Å². The van der Waals surface area contributed by atoms with Crippen LogP contribution in [0.1, 0.15) is 37.0 Å². The van der Waals surface area contributed by atoms with E-state index in [0.717, 1.165) is 6.42 Å². The minimum absolute atomic E-state index is 1.05. The second-order valence-corrected chi connectivity index (χ2v) is 5.38. The monoisotopic (exact) mass is 288 g/mol. The lowest BCUT2D eigenvalue weighted by Gasteiger charge is -2.12. The molecule has 2 aromatic rings. The highest BCUT2D eigenvalue weighted by atomic mass is 14.1. The zero-order chi connectivity index (χ0) is 15.9. The van der Waals surface area contributed by atoms with Gasteiger partial charge in [-0.25, -0.2) is 0 Å². The molecule has 0 aliphatic heterocycles. The minimum atomic E-state index is 1.05. The quantitative estimate of drug-likeness (QED) is 0.539. The molecule has 2 rings (SSSR count). The number of aryl methyl sites for hydroxylation is 1. The Kier molecular flexibility index (Phi) is 5.55. The van der Waals surface area contributed by atoms with Crippen molar-refractivity contribution in [2.45, 2.75) is 27.2 Å². The average Bonchev–Trinajstić information content (AvgIpc) is 2.56. The second kappa shape index (κ2) is 7.61. The summed E-state index contributed by atoms with van der Waals surface area (Å²) in [6.45, 7) is 10.3. The first-order valence-electron chi connectivity index (χ1n) is 7.87. The largest absolute Gasteiger partial charge is 0.0984 e. The Morgan fingerprint density at radius 3 is 2.55 bits per heavy atom. The first-order chi connectivity index (χ1) is 10.7. The third kappa shape index (κ3) is 3.46. The van der Waals surface area contributed by atoms with Gasteiger partial charge in [0, 0.05) is 0 Å². The van der Waals surface area contributed by atoms with E-state index in [-0.39, 0.29) is 0 Å². The van der Waals surface area contributed by atoms with E-state index in [2.05, 4.69) is 88.0 Å². The van der Waals surface area contributed by atoms with E-state index in [0.29, 0.717) is 0 Å². The topological polar surface area (TPSA) is 0 Å². The van der Waals surface area contributed by atoms with Crippen LogP contribution in [0.2, 0.25) is 0 Å². The third-order valence-electron chi connectivity index (χ3n) is 3.89. The van der Waals surface area contributed by atoms with Crippen LogP contribution in [-0.4, -0.2) is 0 Å². The molecular weight excluding hydrogens is 264 g/mol. The summed E-state index contributed by atoms with van der Waals surface area (Å²) < 4.78 is 0. The Morgan fingerprint density at radius 2 is 1.86 bits per heavy atom. The van der Waals surface area contributed by atoms with Crippen molar-refractivity contribution in [3.05, 3.63) is 84.0 Å². The van der Waals surface area contributed by atoms with Crippen LogP contribution in [0.3, 0.4) is 0 Å². The highest BCUT2D eigenvalue weighted by Crippen LogP contribution is 2.30. The molecule has 0 fully saturated rings. The number of hydrogen-bond acceptors (Lipinski definition) is 0. The summed E-state index contributed by atoms with van der Waals surface area (Å²) in [5.74, 6) is 0. The predicted octanol–water partition coefficient (Wildman–Crippen LogP) is 6.67. The maximum atomic E-state index is 3.94. The third-order valence-corrected chi connectivity index (χ3v) is 3.89. The van der Waals surface area contributed by atoms with E-state index in [1.54, 1.807) is 0 Å². The lowest BCUT2D eigenvalue weighted by Crippen LogP contribution is -1.90. The second-order valence-electron chi connectivity index (χ2n) is 5.38. The van der Waals surface area contributed by atoms with Gasteiger partial charge in [-0.05, 0) is 59.7 Å². The molecule has 0 aliphatic rings. The molecule has 0 atom stereocenters. The summed E-state index contributed by atoms with van der Waals surface area (Å²) >= 11 is 0. The molecule has 0 N–H and O–H groups in total. The Hall–Kier alpha value is -2.34. The SMILES string of the molecule is C=Cc1ccccc1-c1cc(C(/C=C\CC)=C/C)ccc1C. The van der Waals surface area contributed by atoms with Crippen molar-refractivity contribution >= 4 is 11.6 Å². The van der Waals surface area contributed by atoms with Crippen molar-refractivity contribution in [3.8, 4) is 11.1 Å². The number of hydrogen-bond donors (Lipinski definition) is 0. The Morgan fingerprint density at radius 1 is 1.09 bits per heavy atom. The van der Waals surface area contributed by atoms with Crippen molar-refractivity contribution in [1.29, 1.82) is 0 Å². The fourth-order valence-electron chi connectivity index (χ4n) is 2.62. The minimum Gasteiger partial charge on any atom is -0.0984 e. The summed E-state index contributed by atoms with van der Waals surface area (Å²) in [7, 11) is 0. The molecule has 112 valence electrons. The fraction of sp³-hybridized carbons (Fsp3) is 0.182. The molecule has 0 aliphatic carbocycles. The molecule has 0 spiro atoms. The van der Waals surface area contributed by atoms with Crippen LogP contribution in [0, 0.1) is 6.92 Å². The molecule has 0 radical (unpaired) electrons. The molecule has 0 heterocycles. The summed E-state index contributed by atoms with van der Waals surface area (Å²) in [6, 6.07) is 15.1. The summed E-state index contributed by atoms with van der Waals surface area (Å²) in [5.41, 5.74) is 7.50. The molecular formula is C22H24. The van der Waals surface area contributed by atoms with Crippen LogP contribution in [0.25, 0.3) is 22.8 Å². The lowest BCUT2D eigenvalue weighted by atomic mass is 9.92. The Labute approximate surface area is 134 Å². The van der Waals surface area contributed by atoms with Crippen molar-refractivity contribution in [3.63, 3.8) is 0 Å². The maximum Gasteiger partial charge on any atom is -0.0109 e. The van der Waals surface area contributed by atoms with Gasteiger partial charge in [0.25, 0.3) is 0 Å². The number of rotatable bonds is 5. The number of allylic oxidation sites excluding steroid dienone is 4.